The van der Waals surface area contributed by atoms with Gasteiger partial charge in [-0.15, -0.1) is 0 Å². The smallest absolute Gasteiger partial charge is 0.322 e. The van der Waals surface area contributed by atoms with Crippen LogP contribution in [0.1, 0.15) is 13.3 Å². The number of ether oxygens (including phenoxy) is 2. The predicted molar refractivity (Wildman–Crippen MR) is 99.2 cm³/mol. The minimum absolute atomic E-state index is 0.0541. The molecule has 3 rings (SSSR count). The highest BCUT2D eigenvalue weighted by atomic mass is 79.9. The molecule has 0 bridgehead atoms. The summed E-state index contributed by atoms with van der Waals surface area (Å²) < 4.78 is 12.3. The second-order valence-electron chi connectivity index (χ2n) is 5.65. The van der Waals surface area contributed by atoms with Crippen LogP contribution in [0.3, 0.4) is 0 Å². The van der Waals surface area contributed by atoms with Crippen LogP contribution in [-0.2, 0) is 0 Å². The van der Waals surface area contributed by atoms with Crippen LogP contribution in [0.25, 0.3) is 0 Å². The molecule has 2 heterocycles. The second-order valence-corrected chi connectivity index (χ2v) is 6.56. The number of urea groups is 1. The maximum Gasteiger partial charge on any atom is 0.322 e. The fourth-order valence-electron chi connectivity index (χ4n) is 2.66. The third-order valence-corrected chi connectivity index (χ3v) is 4.32. The van der Waals surface area contributed by atoms with Gasteiger partial charge in [0.2, 0.25) is 5.88 Å². The fourth-order valence-corrected chi connectivity index (χ4v) is 2.89. The number of carbonyl (C=O) groups excluding carboxylic acids is 1. The first-order valence-corrected chi connectivity index (χ1v) is 9.01. The van der Waals surface area contributed by atoms with Crippen molar-refractivity contribution in [3.05, 3.63) is 47.1 Å². The SMILES string of the molecule is CCOc1ccccc1NC(=O)N1CCC(Oc2ccc(Br)cn2)C1. The number of aromatic nitrogens is 1. The molecule has 25 heavy (non-hydrogen) atoms. The molecule has 1 saturated heterocycles. The van der Waals surface area contributed by atoms with E-state index in [0.717, 1.165) is 10.9 Å². The number of anilines is 1. The quantitative estimate of drug-likeness (QED) is 0.818. The number of nitrogens with zero attached hydrogens (tertiary/aromatic N) is 2. The summed E-state index contributed by atoms with van der Waals surface area (Å²) in [6, 6.07) is 11.0. The van der Waals surface area contributed by atoms with Gasteiger partial charge in [0.15, 0.2) is 0 Å². The van der Waals surface area contributed by atoms with E-state index in [9.17, 15) is 4.79 Å². The van der Waals surface area contributed by atoms with Gasteiger partial charge in [-0.2, -0.15) is 0 Å². The highest BCUT2D eigenvalue weighted by Gasteiger charge is 2.28. The van der Waals surface area contributed by atoms with E-state index in [2.05, 4.69) is 26.2 Å². The third kappa shape index (κ3) is 4.63. The van der Waals surface area contributed by atoms with E-state index in [1.165, 1.54) is 0 Å². The van der Waals surface area contributed by atoms with E-state index in [1.54, 1.807) is 11.1 Å². The maximum absolute atomic E-state index is 12.5. The lowest BCUT2D eigenvalue weighted by molar-refractivity contribution is 0.190. The number of amides is 2. The zero-order valence-corrected chi connectivity index (χ0v) is 15.5. The first-order valence-electron chi connectivity index (χ1n) is 8.21. The monoisotopic (exact) mass is 405 g/mol. The van der Waals surface area contributed by atoms with E-state index in [0.29, 0.717) is 37.0 Å². The molecule has 1 aliphatic heterocycles. The van der Waals surface area contributed by atoms with Crippen molar-refractivity contribution in [1.82, 2.24) is 9.88 Å². The summed E-state index contributed by atoms with van der Waals surface area (Å²) in [5.74, 6) is 1.24. The van der Waals surface area contributed by atoms with Gasteiger partial charge in [0.25, 0.3) is 0 Å². The van der Waals surface area contributed by atoms with Gasteiger partial charge in [0.05, 0.1) is 18.8 Å². The Morgan fingerprint density at radius 1 is 1.36 bits per heavy atom. The predicted octanol–water partition coefficient (Wildman–Crippen LogP) is 3.93. The normalized spacial score (nSPS) is 16.6. The number of hydrogen-bond donors (Lipinski definition) is 1. The summed E-state index contributed by atoms with van der Waals surface area (Å²) in [5, 5.41) is 2.91. The molecule has 6 nitrogen and oxygen atoms in total. The number of benzene rings is 1. The number of hydrogen-bond acceptors (Lipinski definition) is 4. The van der Waals surface area contributed by atoms with E-state index in [4.69, 9.17) is 9.47 Å². The molecule has 132 valence electrons. The van der Waals surface area contributed by atoms with E-state index >= 15 is 0 Å². The molecule has 0 radical (unpaired) electrons. The molecule has 7 heteroatoms. The highest BCUT2D eigenvalue weighted by molar-refractivity contribution is 9.10. The summed E-state index contributed by atoms with van der Waals surface area (Å²) in [6.07, 6.45) is 2.42. The number of nitrogens with one attached hydrogen (secondary N) is 1. The van der Waals surface area contributed by atoms with Crippen molar-refractivity contribution in [2.45, 2.75) is 19.4 Å². The Labute approximate surface area is 155 Å². The Morgan fingerprint density at radius 2 is 2.20 bits per heavy atom. The van der Waals surface area contributed by atoms with Crippen molar-refractivity contribution in [2.24, 2.45) is 0 Å². The zero-order valence-electron chi connectivity index (χ0n) is 13.9. The van der Waals surface area contributed by atoms with Crippen molar-refractivity contribution in [2.75, 3.05) is 25.0 Å². The molecular formula is C18H20BrN3O3. The van der Waals surface area contributed by atoms with Crippen LogP contribution in [0.2, 0.25) is 0 Å². The van der Waals surface area contributed by atoms with Gasteiger partial charge in [0.1, 0.15) is 11.9 Å². The molecule has 2 amide bonds. The number of pyridine rings is 1. The molecule has 1 fully saturated rings. The summed E-state index contributed by atoms with van der Waals surface area (Å²) in [4.78, 5) is 18.4. The number of rotatable bonds is 5. The van der Waals surface area contributed by atoms with Gasteiger partial charge in [0, 0.05) is 29.7 Å². The first-order chi connectivity index (χ1) is 12.2. The number of para-hydroxylation sites is 2. The van der Waals surface area contributed by atoms with Gasteiger partial charge >= 0.3 is 6.03 Å². The lowest BCUT2D eigenvalue weighted by atomic mass is 10.3. The molecule has 1 atom stereocenters. The van der Waals surface area contributed by atoms with E-state index in [-0.39, 0.29) is 12.1 Å². The van der Waals surface area contributed by atoms with Gasteiger partial charge in [-0.3, -0.25) is 0 Å². The largest absolute Gasteiger partial charge is 0.492 e. The number of likely N-dealkylation sites (tertiary alicyclic amines) is 1. The summed E-state index contributed by atoms with van der Waals surface area (Å²) >= 11 is 3.35. The molecule has 0 aliphatic carbocycles. The van der Waals surface area contributed by atoms with Gasteiger partial charge < -0.3 is 19.7 Å². The van der Waals surface area contributed by atoms with Crippen LogP contribution < -0.4 is 14.8 Å². The number of halogens is 1. The van der Waals surface area contributed by atoms with Gasteiger partial charge in [-0.05, 0) is 41.1 Å². The lowest BCUT2D eigenvalue weighted by Crippen LogP contribution is -2.34. The van der Waals surface area contributed by atoms with Crippen LogP contribution in [0.5, 0.6) is 11.6 Å². The summed E-state index contributed by atoms with van der Waals surface area (Å²) in [6.45, 7) is 3.63. The molecule has 0 spiro atoms. The Balaban J connectivity index is 1.56. The van der Waals surface area contributed by atoms with Crippen LogP contribution in [0, 0.1) is 0 Å². The molecule has 1 aromatic carbocycles. The molecule has 1 aromatic heterocycles. The van der Waals surface area contributed by atoms with Crippen molar-refractivity contribution in [1.29, 1.82) is 0 Å². The third-order valence-electron chi connectivity index (χ3n) is 3.85. The Hall–Kier alpha value is -2.28. The van der Waals surface area contributed by atoms with Crippen molar-refractivity contribution in [3.63, 3.8) is 0 Å². The van der Waals surface area contributed by atoms with Crippen LogP contribution in [0.4, 0.5) is 10.5 Å². The highest BCUT2D eigenvalue weighted by Crippen LogP contribution is 2.25. The summed E-state index contributed by atoms with van der Waals surface area (Å²) in [7, 11) is 0. The molecule has 0 saturated carbocycles. The number of carbonyl (C=O) groups is 1. The van der Waals surface area contributed by atoms with Crippen molar-refractivity contribution < 1.29 is 14.3 Å². The van der Waals surface area contributed by atoms with Crippen LogP contribution >= 0.6 is 15.9 Å². The molecular weight excluding hydrogens is 386 g/mol. The maximum atomic E-state index is 12.5. The average Bonchev–Trinajstić information content (AvgIpc) is 3.08. The standard InChI is InChI=1S/C18H20BrN3O3/c1-2-24-16-6-4-3-5-15(16)21-18(23)22-10-9-14(12-22)25-17-8-7-13(19)11-20-17/h3-8,11,14H,2,9-10,12H2,1H3,(H,21,23). The Morgan fingerprint density at radius 3 is 2.96 bits per heavy atom. The first kappa shape index (κ1) is 17.5. The molecule has 2 aromatic rings. The topological polar surface area (TPSA) is 63.7 Å². The van der Waals surface area contributed by atoms with Gasteiger partial charge in [-0.1, -0.05) is 12.1 Å². The van der Waals surface area contributed by atoms with Crippen LogP contribution in [-0.4, -0.2) is 41.7 Å². The zero-order chi connectivity index (χ0) is 17.6. The minimum Gasteiger partial charge on any atom is -0.492 e. The van der Waals surface area contributed by atoms with E-state index < -0.39 is 0 Å². The Kier molecular flexibility index (Phi) is 5.75. The Bertz CT molecular complexity index is 724. The van der Waals surface area contributed by atoms with E-state index in [1.807, 2.05) is 43.3 Å². The van der Waals surface area contributed by atoms with Crippen molar-refractivity contribution >= 4 is 27.6 Å². The molecule has 1 N–H and O–H groups in total. The van der Waals surface area contributed by atoms with Crippen molar-refractivity contribution in [3.8, 4) is 11.6 Å². The second kappa shape index (κ2) is 8.20. The van der Waals surface area contributed by atoms with Crippen LogP contribution in [0.15, 0.2) is 47.1 Å². The average molecular weight is 406 g/mol. The summed E-state index contributed by atoms with van der Waals surface area (Å²) in [5.41, 5.74) is 0.674. The molecule has 1 unspecified atom stereocenters. The minimum atomic E-state index is -0.151. The van der Waals surface area contributed by atoms with Gasteiger partial charge in [-0.25, -0.2) is 9.78 Å². The fraction of sp³-hybridized carbons (Fsp3) is 0.333. The molecule has 1 aliphatic rings. The lowest BCUT2D eigenvalue weighted by Gasteiger charge is -2.19.